The Balaban J connectivity index is 1.44. The monoisotopic (exact) mass is 442 g/mol. The lowest BCUT2D eigenvalue weighted by Crippen LogP contribution is -2.41. The van der Waals surface area contributed by atoms with Crippen LogP contribution in [0.1, 0.15) is 16.2 Å². The standard InChI is InChI=1S/C20H18N4O6S/c1-23(11-17-21-19(22-30-17)13-7-9-14(29-2)10-8-13)18(25)12-24-20(26)15-5-3-4-6-16(15)31(24,27)28/h3-10H,11-12H2,1-2H3. The fourth-order valence-electron chi connectivity index (χ4n) is 3.10. The first kappa shape index (κ1) is 20.5. The van der Waals surface area contributed by atoms with Crippen molar-refractivity contribution in [1.29, 1.82) is 0 Å². The fraction of sp³-hybridized carbons (Fsp3) is 0.200. The summed E-state index contributed by atoms with van der Waals surface area (Å²) < 4.78 is 36.1. The van der Waals surface area contributed by atoms with Gasteiger partial charge in [-0.25, -0.2) is 12.7 Å². The molecule has 1 aromatic heterocycles. The number of rotatable bonds is 6. The number of sulfonamides is 1. The van der Waals surface area contributed by atoms with Crippen molar-refractivity contribution in [1.82, 2.24) is 19.3 Å². The van der Waals surface area contributed by atoms with Crippen LogP contribution in [0.15, 0.2) is 57.9 Å². The number of hydrogen-bond donors (Lipinski definition) is 0. The highest BCUT2D eigenvalue weighted by Gasteiger charge is 2.42. The van der Waals surface area contributed by atoms with Gasteiger partial charge in [0.2, 0.25) is 17.6 Å². The number of methoxy groups -OCH3 is 1. The van der Waals surface area contributed by atoms with Crippen molar-refractivity contribution in [3.8, 4) is 17.1 Å². The third-order valence-corrected chi connectivity index (χ3v) is 6.59. The minimum absolute atomic E-state index is 0.0446. The molecule has 0 saturated carbocycles. The van der Waals surface area contributed by atoms with Gasteiger partial charge in [0.15, 0.2) is 0 Å². The van der Waals surface area contributed by atoms with Crippen molar-refractivity contribution >= 4 is 21.8 Å². The summed E-state index contributed by atoms with van der Waals surface area (Å²) in [5.41, 5.74) is 0.760. The molecule has 1 aliphatic rings. The molecule has 1 aliphatic heterocycles. The fourth-order valence-corrected chi connectivity index (χ4v) is 4.62. The van der Waals surface area contributed by atoms with E-state index in [9.17, 15) is 18.0 Å². The van der Waals surface area contributed by atoms with E-state index in [0.717, 1.165) is 0 Å². The van der Waals surface area contributed by atoms with Gasteiger partial charge in [-0.2, -0.15) is 4.98 Å². The zero-order valence-electron chi connectivity index (χ0n) is 16.7. The van der Waals surface area contributed by atoms with Gasteiger partial charge in [0.25, 0.3) is 15.9 Å². The minimum atomic E-state index is -4.06. The second-order valence-electron chi connectivity index (χ2n) is 6.80. The Labute approximate surface area is 178 Å². The first-order chi connectivity index (χ1) is 14.8. The number of fused-ring (bicyclic) bond motifs is 1. The number of amides is 2. The SMILES string of the molecule is COc1ccc(-c2noc(CN(C)C(=O)CN3C(=O)c4ccccc4S3(=O)=O)n2)cc1. The average Bonchev–Trinajstić information content (AvgIpc) is 3.31. The maximum absolute atomic E-state index is 12.6. The number of ether oxygens (including phenoxy) is 1. The molecule has 31 heavy (non-hydrogen) atoms. The van der Waals surface area contributed by atoms with Crippen LogP contribution in [0.2, 0.25) is 0 Å². The maximum Gasteiger partial charge on any atom is 0.269 e. The van der Waals surface area contributed by atoms with E-state index in [4.69, 9.17) is 9.26 Å². The summed E-state index contributed by atoms with van der Waals surface area (Å²) in [4.78, 5) is 30.4. The van der Waals surface area contributed by atoms with Gasteiger partial charge >= 0.3 is 0 Å². The summed E-state index contributed by atoms with van der Waals surface area (Å²) in [5.74, 6) is -0.121. The topological polar surface area (TPSA) is 123 Å². The highest BCUT2D eigenvalue weighted by Crippen LogP contribution is 2.29. The zero-order chi connectivity index (χ0) is 22.2. The summed E-state index contributed by atoms with van der Waals surface area (Å²) in [5, 5.41) is 3.89. The van der Waals surface area contributed by atoms with Gasteiger partial charge in [-0.15, -0.1) is 0 Å². The van der Waals surface area contributed by atoms with E-state index in [1.165, 1.54) is 30.1 Å². The smallest absolute Gasteiger partial charge is 0.269 e. The van der Waals surface area contributed by atoms with E-state index in [2.05, 4.69) is 10.1 Å². The molecule has 0 spiro atoms. The predicted molar refractivity (Wildman–Crippen MR) is 107 cm³/mol. The Morgan fingerprint density at radius 3 is 2.55 bits per heavy atom. The van der Waals surface area contributed by atoms with Crippen LogP contribution in [0, 0.1) is 0 Å². The molecular weight excluding hydrogens is 424 g/mol. The molecule has 0 saturated heterocycles. The first-order valence-corrected chi connectivity index (χ1v) is 10.6. The van der Waals surface area contributed by atoms with E-state index in [1.807, 2.05) is 0 Å². The van der Waals surface area contributed by atoms with Crippen LogP contribution in [0.4, 0.5) is 0 Å². The van der Waals surface area contributed by atoms with Crippen LogP contribution < -0.4 is 4.74 Å². The molecule has 2 amide bonds. The predicted octanol–water partition coefficient (Wildman–Crippen LogP) is 1.55. The van der Waals surface area contributed by atoms with Crippen LogP contribution in [-0.2, 0) is 21.4 Å². The Bertz CT molecular complexity index is 1250. The molecule has 10 nitrogen and oxygen atoms in total. The zero-order valence-corrected chi connectivity index (χ0v) is 17.5. The number of carbonyl (C=O) groups excluding carboxylic acids is 2. The van der Waals surface area contributed by atoms with Crippen molar-refractivity contribution in [3.63, 3.8) is 0 Å². The molecule has 4 rings (SSSR count). The molecule has 2 aromatic carbocycles. The maximum atomic E-state index is 12.6. The van der Waals surface area contributed by atoms with Crippen LogP contribution >= 0.6 is 0 Å². The lowest BCUT2D eigenvalue weighted by Gasteiger charge is -2.19. The Hall–Kier alpha value is -3.73. The quantitative estimate of drug-likeness (QED) is 0.563. The van der Waals surface area contributed by atoms with E-state index in [-0.39, 0.29) is 22.9 Å². The summed E-state index contributed by atoms with van der Waals surface area (Å²) in [6.45, 7) is -0.664. The molecule has 0 unspecified atom stereocenters. The van der Waals surface area contributed by atoms with Gasteiger partial charge in [0.05, 0.1) is 19.2 Å². The second kappa shape index (κ2) is 7.84. The summed E-state index contributed by atoms with van der Waals surface area (Å²) in [7, 11) is -1.04. The Morgan fingerprint density at radius 2 is 1.87 bits per heavy atom. The molecule has 160 valence electrons. The normalized spacial score (nSPS) is 14.4. The highest BCUT2D eigenvalue weighted by molar-refractivity contribution is 7.90. The summed E-state index contributed by atoms with van der Waals surface area (Å²) in [6.07, 6.45) is 0. The third-order valence-electron chi connectivity index (χ3n) is 4.81. The molecule has 0 fully saturated rings. The van der Waals surface area contributed by atoms with Crippen molar-refractivity contribution in [3.05, 3.63) is 60.0 Å². The Morgan fingerprint density at radius 1 is 1.16 bits per heavy atom. The van der Waals surface area contributed by atoms with Crippen molar-refractivity contribution in [2.75, 3.05) is 20.7 Å². The van der Waals surface area contributed by atoms with Crippen molar-refractivity contribution in [2.45, 2.75) is 11.4 Å². The van der Waals surface area contributed by atoms with Gasteiger partial charge in [0.1, 0.15) is 17.2 Å². The lowest BCUT2D eigenvalue weighted by molar-refractivity contribution is -0.130. The largest absolute Gasteiger partial charge is 0.497 e. The minimum Gasteiger partial charge on any atom is -0.497 e. The van der Waals surface area contributed by atoms with Crippen LogP contribution in [0.3, 0.4) is 0 Å². The molecule has 0 atom stereocenters. The molecule has 0 N–H and O–H groups in total. The average molecular weight is 442 g/mol. The number of hydrogen-bond acceptors (Lipinski definition) is 8. The molecule has 0 radical (unpaired) electrons. The van der Waals surface area contributed by atoms with Gasteiger partial charge < -0.3 is 14.2 Å². The number of likely N-dealkylation sites (N-methyl/N-ethyl adjacent to an activating group) is 1. The van der Waals surface area contributed by atoms with Gasteiger partial charge in [-0.05, 0) is 36.4 Å². The molecule has 0 aliphatic carbocycles. The summed E-state index contributed by atoms with van der Waals surface area (Å²) >= 11 is 0. The van der Waals surface area contributed by atoms with Gasteiger partial charge in [-0.3, -0.25) is 9.59 Å². The molecular formula is C20H18N4O6S. The highest BCUT2D eigenvalue weighted by atomic mass is 32.2. The summed E-state index contributed by atoms with van der Waals surface area (Å²) in [6, 6.07) is 12.9. The van der Waals surface area contributed by atoms with Gasteiger partial charge in [-0.1, -0.05) is 17.3 Å². The van der Waals surface area contributed by atoms with Crippen LogP contribution in [0.25, 0.3) is 11.4 Å². The van der Waals surface area contributed by atoms with Crippen molar-refractivity contribution in [2.24, 2.45) is 0 Å². The van der Waals surface area contributed by atoms with Crippen molar-refractivity contribution < 1.29 is 27.3 Å². The molecule has 3 aromatic rings. The molecule has 11 heteroatoms. The molecule has 2 heterocycles. The number of aromatic nitrogens is 2. The van der Waals surface area contributed by atoms with E-state index in [0.29, 0.717) is 21.4 Å². The number of carbonyl (C=O) groups is 2. The Kier molecular flexibility index (Phi) is 5.19. The second-order valence-corrected chi connectivity index (χ2v) is 8.63. The number of nitrogens with zero attached hydrogens (tertiary/aromatic N) is 4. The lowest BCUT2D eigenvalue weighted by atomic mass is 10.2. The van der Waals surface area contributed by atoms with E-state index < -0.39 is 28.4 Å². The van der Waals surface area contributed by atoms with Gasteiger partial charge in [0, 0.05) is 12.6 Å². The van der Waals surface area contributed by atoms with E-state index in [1.54, 1.807) is 37.4 Å². The van der Waals surface area contributed by atoms with Crippen LogP contribution in [0.5, 0.6) is 5.75 Å². The molecule has 0 bridgehead atoms. The first-order valence-electron chi connectivity index (χ1n) is 9.18. The van der Waals surface area contributed by atoms with Crippen LogP contribution in [-0.4, -0.2) is 60.3 Å². The van der Waals surface area contributed by atoms with E-state index >= 15 is 0 Å². The number of benzene rings is 2. The third kappa shape index (κ3) is 3.75.